The van der Waals surface area contributed by atoms with Crippen LogP contribution in [0.1, 0.15) is 66.1 Å². The van der Waals surface area contributed by atoms with E-state index in [0.29, 0.717) is 43.7 Å². The Kier molecular flexibility index (Phi) is 6.28. The average Bonchev–Trinajstić information content (AvgIpc) is 3.54. The summed E-state index contributed by atoms with van der Waals surface area (Å²) in [4.78, 5) is 13.1. The Morgan fingerprint density at radius 3 is 2.35 bits per heavy atom. The number of hydrogen-bond donors (Lipinski definition) is 2. The Morgan fingerprint density at radius 1 is 1.12 bits per heavy atom. The third-order valence-corrected chi connectivity index (χ3v) is 8.67. The fraction of sp³-hybridized carbons (Fsp3) is 0.583. The molecule has 2 N–H and O–H groups in total. The molecule has 0 spiro atoms. The highest BCUT2D eigenvalue weighted by Gasteiger charge is 2.37. The van der Waals surface area contributed by atoms with Crippen LogP contribution < -0.4 is 14.3 Å². The molecule has 9 nitrogen and oxygen atoms in total. The van der Waals surface area contributed by atoms with Crippen molar-refractivity contribution in [2.45, 2.75) is 77.7 Å². The van der Waals surface area contributed by atoms with Gasteiger partial charge in [-0.3, -0.25) is 0 Å². The van der Waals surface area contributed by atoms with Crippen LogP contribution in [-0.2, 0) is 47.1 Å². The summed E-state index contributed by atoms with van der Waals surface area (Å²) in [6.45, 7) is 4.62. The Labute approximate surface area is 200 Å². The Hall–Kier alpha value is -2.59. The monoisotopic (exact) mass is 488 g/mol. The number of nitrogens with one attached hydrogen (secondary N) is 2. The van der Waals surface area contributed by atoms with Gasteiger partial charge in [0.25, 0.3) is 0 Å². The van der Waals surface area contributed by atoms with Crippen molar-refractivity contribution in [3.8, 4) is 0 Å². The van der Waals surface area contributed by atoms with Gasteiger partial charge in [-0.25, -0.2) is 13.8 Å². The minimum atomic E-state index is -4.26. The summed E-state index contributed by atoms with van der Waals surface area (Å²) in [7, 11) is -4.26. The number of aryl methyl sites for hydroxylation is 3. The zero-order valence-electron chi connectivity index (χ0n) is 19.8. The van der Waals surface area contributed by atoms with Crippen molar-refractivity contribution in [2.24, 2.45) is 0 Å². The summed E-state index contributed by atoms with van der Waals surface area (Å²) in [5.41, 5.74) is 7.00. The predicted octanol–water partition coefficient (Wildman–Crippen LogP) is 3.57. The molecule has 1 fully saturated rings. The topological polar surface area (TPSA) is 114 Å². The van der Waals surface area contributed by atoms with Crippen LogP contribution in [0.2, 0.25) is 0 Å². The summed E-state index contributed by atoms with van der Waals surface area (Å²) in [6, 6.07) is 1.13. The van der Waals surface area contributed by atoms with Gasteiger partial charge in [-0.05, 0) is 87.0 Å². The highest BCUT2D eigenvalue weighted by molar-refractivity contribution is 7.91. The minimum absolute atomic E-state index is 0.158. The van der Waals surface area contributed by atoms with Crippen LogP contribution in [0.4, 0.5) is 16.4 Å². The highest BCUT2D eigenvalue weighted by Crippen LogP contribution is 2.38. The quantitative estimate of drug-likeness (QED) is 0.643. The van der Waals surface area contributed by atoms with Crippen LogP contribution in [0.3, 0.4) is 0 Å². The summed E-state index contributed by atoms with van der Waals surface area (Å²) < 4.78 is 41.5. The molecule has 184 valence electrons. The fourth-order valence-electron chi connectivity index (χ4n) is 5.56. The molecule has 34 heavy (non-hydrogen) atoms. The zero-order valence-corrected chi connectivity index (χ0v) is 20.6. The summed E-state index contributed by atoms with van der Waals surface area (Å²) in [6.07, 6.45) is 7.53. The van der Waals surface area contributed by atoms with Crippen molar-refractivity contribution in [3.05, 3.63) is 39.6 Å². The van der Waals surface area contributed by atoms with E-state index in [2.05, 4.69) is 21.3 Å². The Balaban J connectivity index is 1.43. The fourth-order valence-corrected chi connectivity index (χ4v) is 6.93. The average molecular weight is 489 g/mol. The van der Waals surface area contributed by atoms with Gasteiger partial charge in [0.15, 0.2) is 0 Å². The first-order chi connectivity index (χ1) is 16.4. The molecule has 0 radical (unpaired) electrons. The molecule has 1 aromatic heterocycles. The number of ether oxygens (including phenoxy) is 1. The van der Waals surface area contributed by atoms with E-state index in [1.54, 1.807) is 6.92 Å². The first kappa shape index (κ1) is 23.2. The van der Waals surface area contributed by atoms with Crippen LogP contribution in [0, 0.1) is 6.92 Å². The normalized spacial score (nSPS) is 17.9. The van der Waals surface area contributed by atoms with E-state index in [1.807, 2.05) is 6.92 Å². The van der Waals surface area contributed by atoms with E-state index in [4.69, 9.17) is 9.26 Å². The maximum atomic E-state index is 13.6. The molecule has 1 aromatic carbocycles. The number of anilines is 2. The summed E-state index contributed by atoms with van der Waals surface area (Å²) in [5, 5.41) is 6.96. The highest BCUT2D eigenvalue weighted by atomic mass is 32.2. The number of fused-ring (bicyclic) bond motifs is 2. The number of carbonyl (C=O) groups excluding carboxylic acids is 1. The number of aromatic nitrogens is 1. The molecule has 2 heterocycles. The molecule has 1 saturated heterocycles. The second-order valence-corrected chi connectivity index (χ2v) is 10.9. The number of rotatable bonds is 6. The van der Waals surface area contributed by atoms with Gasteiger partial charge in [-0.15, -0.1) is 0 Å². The third-order valence-electron chi connectivity index (χ3n) is 7.25. The van der Waals surface area contributed by atoms with Gasteiger partial charge < -0.3 is 14.6 Å². The molecular weight excluding hydrogens is 456 g/mol. The van der Waals surface area contributed by atoms with Gasteiger partial charge in [0.05, 0.1) is 11.7 Å². The number of benzene rings is 1. The Bertz CT molecular complexity index is 1170. The smallest absolute Gasteiger partial charge is 0.334 e. The van der Waals surface area contributed by atoms with Gasteiger partial charge in [-0.2, -0.15) is 8.42 Å². The van der Waals surface area contributed by atoms with Gasteiger partial charge in [0.2, 0.25) is 5.88 Å². The van der Waals surface area contributed by atoms with Crippen LogP contribution in [0.15, 0.2) is 10.6 Å². The van der Waals surface area contributed by atoms with Crippen molar-refractivity contribution in [3.63, 3.8) is 0 Å². The van der Waals surface area contributed by atoms with E-state index < -0.39 is 16.2 Å². The number of carbonyl (C=O) groups is 1. The van der Waals surface area contributed by atoms with E-state index in [-0.39, 0.29) is 11.9 Å². The summed E-state index contributed by atoms with van der Waals surface area (Å²) in [5.74, 6) is 0.158. The molecule has 3 aliphatic rings. The standard InChI is InChI=1S/C24H32N4O5S/c1-3-21-15(2)23(33-26-21)28(18-10-12-32-13-11-18)34(30,31)27-24(29)25-22-19-8-4-6-16(19)14-17-7-5-9-20(17)22/h14,18H,3-13H2,1-2H3,(H2,25,27,29). The second-order valence-electron chi connectivity index (χ2n) is 9.35. The molecule has 0 bridgehead atoms. The predicted molar refractivity (Wildman–Crippen MR) is 129 cm³/mol. The van der Waals surface area contributed by atoms with Gasteiger partial charge in [0, 0.05) is 24.5 Å². The van der Waals surface area contributed by atoms with Gasteiger partial charge in [0.1, 0.15) is 0 Å². The SMILES string of the molecule is CCc1noc(N(C2CCOCC2)S(=O)(=O)NC(=O)Nc2c3c(cc4c2CCC4)CCC3)c1C. The second kappa shape index (κ2) is 9.22. The molecule has 0 atom stereocenters. The molecule has 10 heteroatoms. The van der Waals surface area contributed by atoms with E-state index in [9.17, 15) is 13.2 Å². The van der Waals surface area contributed by atoms with E-state index in [1.165, 1.54) is 15.4 Å². The molecule has 1 aliphatic heterocycles. The van der Waals surface area contributed by atoms with Crippen LogP contribution in [0.25, 0.3) is 0 Å². The van der Waals surface area contributed by atoms with Crippen molar-refractivity contribution in [1.29, 1.82) is 0 Å². The maximum Gasteiger partial charge on any atom is 0.334 e. The lowest BCUT2D eigenvalue weighted by atomic mass is 9.99. The van der Waals surface area contributed by atoms with Crippen LogP contribution >= 0.6 is 0 Å². The number of hydrogen-bond acceptors (Lipinski definition) is 6. The van der Waals surface area contributed by atoms with E-state index in [0.717, 1.165) is 55.3 Å². The van der Waals surface area contributed by atoms with Crippen molar-refractivity contribution >= 4 is 27.8 Å². The molecular formula is C24H32N4O5S. The lowest BCUT2D eigenvalue weighted by Crippen LogP contribution is -2.51. The number of urea groups is 1. The lowest BCUT2D eigenvalue weighted by Gasteiger charge is -2.33. The van der Waals surface area contributed by atoms with E-state index >= 15 is 0 Å². The van der Waals surface area contributed by atoms with Gasteiger partial charge in [-0.1, -0.05) is 18.1 Å². The third kappa shape index (κ3) is 4.17. The molecule has 2 aromatic rings. The number of amides is 2. The zero-order chi connectivity index (χ0) is 23.9. The molecule has 0 saturated carbocycles. The first-order valence-corrected chi connectivity index (χ1v) is 13.7. The van der Waals surface area contributed by atoms with Gasteiger partial charge >= 0.3 is 16.2 Å². The largest absolute Gasteiger partial charge is 0.381 e. The molecule has 2 aliphatic carbocycles. The van der Waals surface area contributed by atoms with Crippen LogP contribution in [-0.4, -0.2) is 38.9 Å². The van der Waals surface area contributed by atoms with Crippen LogP contribution in [0.5, 0.6) is 0 Å². The lowest BCUT2D eigenvalue weighted by molar-refractivity contribution is 0.0867. The molecule has 5 rings (SSSR count). The first-order valence-electron chi connectivity index (χ1n) is 12.2. The molecule has 2 amide bonds. The maximum absolute atomic E-state index is 13.6. The molecule has 0 unspecified atom stereocenters. The van der Waals surface area contributed by atoms with Crippen molar-refractivity contribution in [2.75, 3.05) is 22.8 Å². The van der Waals surface area contributed by atoms with Crippen molar-refractivity contribution in [1.82, 2.24) is 9.88 Å². The number of nitrogens with zero attached hydrogens (tertiary/aromatic N) is 2. The minimum Gasteiger partial charge on any atom is -0.381 e. The summed E-state index contributed by atoms with van der Waals surface area (Å²) >= 11 is 0. The Morgan fingerprint density at radius 2 is 1.76 bits per heavy atom. The van der Waals surface area contributed by atoms with Crippen molar-refractivity contribution < 1.29 is 22.5 Å².